The minimum absolute atomic E-state index is 0.112. The predicted octanol–water partition coefficient (Wildman–Crippen LogP) is 3.25. The normalized spacial score (nSPS) is 11.0. The maximum Gasteiger partial charge on any atom is 0.143 e. The summed E-state index contributed by atoms with van der Waals surface area (Å²) in [7, 11) is 1.93. The van der Waals surface area contributed by atoms with Crippen LogP contribution in [0.2, 0.25) is 0 Å². The van der Waals surface area contributed by atoms with E-state index in [-0.39, 0.29) is 6.10 Å². The average Bonchev–Trinajstić information content (AvgIpc) is 2.62. The van der Waals surface area contributed by atoms with E-state index in [2.05, 4.69) is 5.10 Å². The first-order valence-electron chi connectivity index (χ1n) is 6.21. The summed E-state index contributed by atoms with van der Waals surface area (Å²) in [5, 5.41) is 5.39. The van der Waals surface area contributed by atoms with Crippen molar-refractivity contribution in [1.29, 1.82) is 0 Å². The molecule has 0 aliphatic heterocycles. The molecule has 0 unspecified atom stereocenters. The topological polar surface area (TPSA) is 53.1 Å². The van der Waals surface area contributed by atoms with Gasteiger partial charge in [-0.1, -0.05) is 17.8 Å². The maximum absolute atomic E-state index is 6.16. The lowest BCUT2D eigenvalue weighted by Crippen LogP contribution is -2.07. The van der Waals surface area contributed by atoms with Gasteiger partial charge in [0, 0.05) is 11.9 Å². The highest BCUT2D eigenvalue weighted by Crippen LogP contribution is 2.37. The number of para-hydroxylation sites is 1. The summed E-state index contributed by atoms with van der Waals surface area (Å²) >= 11 is 1.60. The van der Waals surface area contributed by atoms with Gasteiger partial charge in [-0.3, -0.25) is 4.68 Å². The third-order valence-electron chi connectivity index (χ3n) is 2.56. The predicted molar refractivity (Wildman–Crippen MR) is 78.7 cm³/mol. The molecule has 0 fully saturated rings. The Kier molecular flexibility index (Phi) is 4.04. The molecule has 0 amide bonds. The zero-order valence-electron chi connectivity index (χ0n) is 11.7. The molecule has 0 radical (unpaired) electrons. The van der Waals surface area contributed by atoms with Crippen molar-refractivity contribution in [2.45, 2.75) is 36.8 Å². The standard InChI is InChI=1S/C14H19N3OS/c1-9(2)18-11-6-5-7-12(14(11)15)19-13-8-10(3)16-17(13)4/h5-9H,15H2,1-4H3. The molecule has 0 saturated heterocycles. The fraction of sp³-hybridized carbons (Fsp3) is 0.357. The number of aryl methyl sites for hydroxylation is 2. The number of hydrogen-bond acceptors (Lipinski definition) is 4. The molecular formula is C14H19N3OS. The molecule has 0 atom stereocenters. The molecule has 1 aromatic carbocycles. The molecule has 2 aromatic rings. The largest absolute Gasteiger partial charge is 0.489 e. The van der Waals surface area contributed by atoms with Crippen LogP contribution in [0.4, 0.5) is 5.69 Å². The van der Waals surface area contributed by atoms with Gasteiger partial charge in [-0.05, 0) is 39.0 Å². The van der Waals surface area contributed by atoms with E-state index in [0.717, 1.165) is 21.4 Å². The Hall–Kier alpha value is -1.62. The SMILES string of the molecule is Cc1cc(Sc2cccc(OC(C)C)c2N)n(C)n1. The summed E-state index contributed by atoms with van der Waals surface area (Å²) in [6, 6.07) is 7.89. The summed E-state index contributed by atoms with van der Waals surface area (Å²) in [4.78, 5) is 0.987. The van der Waals surface area contributed by atoms with Gasteiger partial charge in [0.2, 0.25) is 0 Å². The Balaban J connectivity index is 2.28. The average molecular weight is 277 g/mol. The molecule has 0 aliphatic rings. The monoisotopic (exact) mass is 277 g/mol. The van der Waals surface area contributed by atoms with E-state index < -0.39 is 0 Å². The molecule has 5 heteroatoms. The van der Waals surface area contributed by atoms with Gasteiger partial charge < -0.3 is 10.5 Å². The van der Waals surface area contributed by atoms with Crippen LogP contribution in [-0.2, 0) is 7.05 Å². The minimum atomic E-state index is 0.112. The molecule has 1 aromatic heterocycles. The molecule has 0 spiro atoms. The molecule has 0 aliphatic carbocycles. The van der Waals surface area contributed by atoms with Gasteiger partial charge in [0.05, 0.1) is 22.5 Å². The molecule has 102 valence electrons. The number of anilines is 1. The van der Waals surface area contributed by atoms with Crippen LogP contribution in [-0.4, -0.2) is 15.9 Å². The number of aromatic nitrogens is 2. The molecule has 0 saturated carbocycles. The lowest BCUT2D eigenvalue weighted by atomic mass is 10.3. The van der Waals surface area contributed by atoms with Crippen LogP contribution in [0.15, 0.2) is 34.2 Å². The Morgan fingerprint density at radius 1 is 1.37 bits per heavy atom. The molecule has 4 nitrogen and oxygen atoms in total. The molecule has 1 heterocycles. The van der Waals surface area contributed by atoms with Gasteiger partial charge >= 0.3 is 0 Å². The van der Waals surface area contributed by atoms with Crippen molar-refractivity contribution < 1.29 is 4.74 Å². The first-order chi connectivity index (χ1) is 8.97. The molecule has 2 N–H and O–H groups in total. The third-order valence-corrected chi connectivity index (χ3v) is 3.73. The van der Waals surface area contributed by atoms with E-state index in [1.165, 1.54) is 0 Å². The highest BCUT2D eigenvalue weighted by molar-refractivity contribution is 7.99. The van der Waals surface area contributed by atoms with Gasteiger partial charge in [0.15, 0.2) is 0 Å². The summed E-state index contributed by atoms with van der Waals surface area (Å²) in [5.41, 5.74) is 7.84. The van der Waals surface area contributed by atoms with Crippen LogP contribution >= 0.6 is 11.8 Å². The second-order valence-electron chi connectivity index (χ2n) is 4.68. The van der Waals surface area contributed by atoms with Gasteiger partial charge in [-0.15, -0.1) is 0 Å². The van der Waals surface area contributed by atoms with Crippen LogP contribution in [0.3, 0.4) is 0 Å². The van der Waals surface area contributed by atoms with Crippen molar-refractivity contribution in [3.8, 4) is 5.75 Å². The van der Waals surface area contributed by atoms with Crippen LogP contribution < -0.4 is 10.5 Å². The highest BCUT2D eigenvalue weighted by Gasteiger charge is 2.11. The van der Waals surface area contributed by atoms with E-state index in [1.807, 2.05) is 56.8 Å². The Morgan fingerprint density at radius 2 is 2.11 bits per heavy atom. The number of nitrogen functional groups attached to an aromatic ring is 1. The summed E-state index contributed by atoms with van der Waals surface area (Å²) in [5.74, 6) is 0.735. The van der Waals surface area contributed by atoms with Crippen molar-refractivity contribution in [3.05, 3.63) is 30.0 Å². The van der Waals surface area contributed by atoms with Crippen molar-refractivity contribution in [2.24, 2.45) is 7.05 Å². The van der Waals surface area contributed by atoms with Crippen molar-refractivity contribution in [2.75, 3.05) is 5.73 Å². The zero-order valence-corrected chi connectivity index (χ0v) is 12.5. The van der Waals surface area contributed by atoms with Crippen LogP contribution in [0.25, 0.3) is 0 Å². The number of benzene rings is 1. The minimum Gasteiger partial charge on any atom is -0.489 e. The van der Waals surface area contributed by atoms with Crippen molar-refractivity contribution in [1.82, 2.24) is 9.78 Å². The molecule has 2 rings (SSSR count). The smallest absolute Gasteiger partial charge is 0.143 e. The number of ether oxygens (including phenoxy) is 1. The van der Waals surface area contributed by atoms with E-state index in [4.69, 9.17) is 10.5 Å². The zero-order chi connectivity index (χ0) is 14.0. The van der Waals surface area contributed by atoms with Crippen LogP contribution in [0.5, 0.6) is 5.75 Å². The first-order valence-corrected chi connectivity index (χ1v) is 7.02. The Bertz CT molecular complexity index is 578. The van der Waals surface area contributed by atoms with Gasteiger partial charge in [0.25, 0.3) is 0 Å². The van der Waals surface area contributed by atoms with Crippen molar-refractivity contribution in [3.63, 3.8) is 0 Å². The number of rotatable bonds is 4. The van der Waals surface area contributed by atoms with E-state index in [9.17, 15) is 0 Å². The van der Waals surface area contributed by atoms with Crippen LogP contribution in [0, 0.1) is 6.92 Å². The van der Waals surface area contributed by atoms with Gasteiger partial charge in [-0.25, -0.2) is 0 Å². The molecule has 0 bridgehead atoms. The molecule has 19 heavy (non-hydrogen) atoms. The number of hydrogen-bond donors (Lipinski definition) is 1. The van der Waals surface area contributed by atoms with Gasteiger partial charge in [-0.2, -0.15) is 5.10 Å². The lowest BCUT2D eigenvalue weighted by molar-refractivity contribution is 0.243. The summed E-state index contributed by atoms with van der Waals surface area (Å²) in [6.07, 6.45) is 0.112. The summed E-state index contributed by atoms with van der Waals surface area (Å²) in [6.45, 7) is 5.96. The fourth-order valence-corrected chi connectivity index (χ4v) is 2.75. The summed E-state index contributed by atoms with van der Waals surface area (Å²) < 4.78 is 7.55. The van der Waals surface area contributed by atoms with Gasteiger partial charge in [0.1, 0.15) is 5.75 Å². The first kappa shape index (κ1) is 13.8. The number of nitrogens with zero attached hydrogens (tertiary/aromatic N) is 2. The molecular weight excluding hydrogens is 258 g/mol. The highest BCUT2D eigenvalue weighted by atomic mass is 32.2. The third kappa shape index (κ3) is 3.23. The second kappa shape index (κ2) is 5.57. The quantitative estimate of drug-likeness (QED) is 0.872. The Morgan fingerprint density at radius 3 is 2.68 bits per heavy atom. The van der Waals surface area contributed by atoms with Crippen LogP contribution in [0.1, 0.15) is 19.5 Å². The van der Waals surface area contributed by atoms with Crippen molar-refractivity contribution >= 4 is 17.4 Å². The lowest BCUT2D eigenvalue weighted by Gasteiger charge is -2.14. The van der Waals surface area contributed by atoms with E-state index in [0.29, 0.717) is 5.69 Å². The van der Waals surface area contributed by atoms with E-state index >= 15 is 0 Å². The Labute approximate surface area is 117 Å². The number of nitrogens with two attached hydrogens (primary N) is 1. The van der Waals surface area contributed by atoms with E-state index in [1.54, 1.807) is 11.8 Å². The fourth-order valence-electron chi connectivity index (χ4n) is 1.76. The second-order valence-corrected chi connectivity index (χ2v) is 5.75. The maximum atomic E-state index is 6.16.